The standard InChI is InChI=1S/C19H20N6O4S/c1-12(26)13-6-7-20-17(8-13)25-11-15(10-22-25)30(27,28)23-18-16(29-3)5-4-14-9-21-24(2)19(14)18/h4-12,23,26H,1-3H3. The van der Waals surface area contributed by atoms with Crippen LogP contribution < -0.4 is 9.46 Å². The second-order valence-electron chi connectivity index (χ2n) is 6.70. The molecule has 0 amide bonds. The minimum absolute atomic E-state index is 0.0482. The molecule has 0 radical (unpaired) electrons. The lowest BCUT2D eigenvalue weighted by Gasteiger charge is -2.13. The van der Waals surface area contributed by atoms with E-state index in [0.717, 1.165) is 5.39 Å². The first kappa shape index (κ1) is 19.9. The van der Waals surface area contributed by atoms with Crippen LogP contribution in [0.25, 0.3) is 16.7 Å². The molecule has 0 saturated carbocycles. The minimum atomic E-state index is -3.98. The van der Waals surface area contributed by atoms with Crippen molar-refractivity contribution in [1.29, 1.82) is 0 Å². The lowest BCUT2D eigenvalue weighted by Crippen LogP contribution is -2.14. The maximum absolute atomic E-state index is 13.1. The van der Waals surface area contributed by atoms with Gasteiger partial charge in [0.25, 0.3) is 10.0 Å². The first-order chi connectivity index (χ1) is 14.3. The Morgan fingerprint density at radius 2 is 2.00 bits per heavy atom. The Labute approximate surface area is 172 Å². The molecule has 1 atom stereocenters. The molecule has 0 aliphatic carbocycles. The van der Waals surface area contributed by atoms with Crippen molar-refractivity contribution in [3.8, 4) is 11.6 Å². The Morgan fingerprint density at radius 1 is 1.20 bits per heavy atom. The molecular formula is C19H20N6O4S. The molecule has 3 heterocycles. The summed E-state index contributed by atoms with van der Waals surface area (Å²) < 4.78 is 37.0. The topological polar surface area (TPSA) is 124 Å². The first-order valence-electron chi connectivity index (χ1n) is 9.01. The van der Waals surface area contributed by atoms with E-state index in [1.165, 1.54) is 30.4 Å². The second-order valence-corrected chi connectivity index (χ2v) is 8.38. The molecule has 30 heavy (non-hydrogen) atoms. The number of benzene rings is 1. The fraction of sp³-hybridized carbons (Fsp3) is 0.211. The molecule has 3 aromatic heterocycles. The highest BCUT2D eigenvalue weighted by molar-refractivity contribution is 7.92. The van der Waals surface area contributed by atoms with Crippen molar-refractivity contribution in [1.82, 2.24) is 24.5 Å². The van der Waals surface area contributed by atoms with Gasteiger partial charge in [-0.3, -0.25) is 9.40 Å². The van der Waals surface area contributed by atoms with Gasteiger partial charge in [0.15, 0.2) is 5.82 Å². The molecule has 0 bridgehead atoms. The van der Waals surface area contributed by atoms with Crippen molar-refractivity contribution in [2.75, 3.05) is 11.8 Å². The van der Waals surface area contributed by atoms with Crippen molar-refractivity contribution in [2.45, 2.75) is 17.9 Å². The van der Waals surface area contributed by atoms with Gasteiger partial charge in [-0.1, -0.05) is 0 Å². The Bertz CT molecular complexity index is 1330. The first-order valence-corrected chi connectivity index (χ1v) is 10.5. The SMILES string of the molecule is COc1ccc2cnn(C)c2c1NS(=O)(=O)c1cnn(-c2cc(C(C)O)ccn2)c1. The molecule has 156 valence electrons. The zero-order valence-electron chi connectivity index (χ0n) is 16.5. The summed E-state index contributed by atoms with van der Waals surface area (Å²) in [6.45, 7) is 1.63. The Balaban J connectivity index is 1.72. The number of hydrogen-bond donors (Lipinski definition) is 2. The van der Waals surface area contributed by atoms with Gasteiger partial charge in [0.1, 0.15) is 16.3 Å². The lowest BCUT2D eigenvalue weighted by molar-refractivity contribution is 0.199. The van der Waals surface area contributed by atoms with Crippen molar-refractivity contribution in [3.05, 3.63) is 54.6 Å². The lowest BCUT2D eigenvalue weighted by atomic mass is 10.2. The highest BCUT2D eigenvalue weighted by Gasteiger charge is 2.22. The quantitative estimate of drug-likeness (QED) is 0.481. The van der Waals surface area contributed by atoms with Crippen LogP contribution in [0.1, 0.15) is 18.6 Å². The maximum atomic E-state index is 13.1. The predicted octanol–water partition coefficient (Wildman–Crippen LogP) is 2.02. The monoisotopic (exact) mass is 428 g/mol. The van der Waals surface area contributed by atoms with Crippen LogP contribution in [-0.2, 0) is 17.1 Å². The number of nitrogens with one attached hydrogen (secondary N) is 1. The third-order valence-electron chi connectivity index (χ3n) is 4.68. The number of aliphatic hydroxyl groups excluding tert-OH is 1. The number of hydrogen-bond acceptors (Lipinski definition) is 7. The summed E-state index contributed by atoms with van der Waals surface area (Å²) in [7, 11) is -0.790. The van der Waals surface area contributed by atoms with Crippen LogP contribution in [0.5, 0.6) is 5.75 Å². The highest BCUT2D eigenvalue weighted by atomic mass is 32.2. The van der Waals surface area contributed by atoms with Gasteiger partial charge in [-0.2, -0.15) is 10.2 Å². The average molecular weight is 428 g/mol. The summed E-state index contributed by atoms with van der Waals surface area (Å²) in [4.78, 5) is 4.14. The number of fused-ring (bicyclic) bond motifs is 1. The number of ether oxygens (including phenoxy) is 1. The van der Waals surface area contributed by atoms with Gasteiger partial charge in [0.05, 0.1) is 37.3 Å². The van der Waals surface area contributed by atoms with Crippen LogP contribution in [0.15, 0.2) is 53.9 Å². The number of anilines is 1. The van der Waals surface area contributed by atoms with Crippen LogP contribution in [0, 0.1) is 0 Å². The molecule has 0 aliphatic rings. The van der Waals surface area contributed by atoms with Crippen molar-refractivity contribution in [2.24, 2.45) is 7.05 Å². The zero-order chi connectivity index (χ0) is 21.5. The van der Waals surface area contributed by atoms with E-state index in [1.54, 1.807) is 49.1 Å². The van der Waals surface area contributed by atoms with Crippen LogP contribution in [0.4, 0.5) is 5.69 Å². The van der Waals surface area contributed by atoms with E-state index < -0.39 is 16.1 Å². The number of nitrogens with zero attached hydrogens (tertiary/aromatic N) is 5. The smallest absolute Gasteiger partial charge is 0.265 e. The summed E-state index contributed by atoms with van der Waals surface area (Å²) in [5.74, 6) is 0.759. The molecule has 0 saturated heterocycles. The molecular weight excluding hydrogens is 408 g/mol. The molecule has 11 heteroatoms. The fourth-order valence-electron chi connectivity index (χ4n) is 3.10. The molecule has 4 aromatic rings. The van der Waals surface area contributed by atoms with E-state index in [9.17, 15) is 13.5 Å². The van der Waals surface area contributed by atoms with E-state index >= 15 is 0 Å². The van der Waals surface area contributed by atoms with E-state index in [4.69, 9.17) is 4.74 Å². The van der Waals surface area contributed by atoms with Crippen LogP contribution in [0.2, 0.25) is 0 Å². The molecule has 1 unspecified atom stereocenters. The summed E-state index contributed by atoms with van der Waals surface area (Å²) in [5.41, 5.74) is 1.53. The van der Waals surface area contributed by atoms with Crippen LogP contribution >= 0.6 is 0 Å². The van der Waals surface area contributed by atoms with Gasteiger partial charge in [-0.25, -0.2) is 18.1 Å². The van der Waals surface area contributed by atoms with Gasteiger partial charge in [-0.15, -0.1) is 0 Å². The predicted molar refractivity (Wildman–Crippen MR) is 110 cm³/mol. The third-order valence-corrected chi connectivity index (χ3v) is 5.98. The Hall–Kier alpha value is -3.44. The number of aryl methyl sites for hydroxylation is 1. The number of methoxy groups -OCH3 is 1. The number of sulfonamides is 1. The summed E-state index contributed by atoms with van der Waals surface area (Å²) >= 11 is 0. The molecule has 1 aromatic carbocycles. The molecule has 4 rings (SSSR count). The fourth-order valence-corrected chi connectivity index (χ4v) is 4.11. The van der Waals surface area contributed by atoms with Crippen molar-refractivity contribution < 1.29 is 18.3 Å². The Morgan fingerprint density at radius 3 is 2.73 bits per heavy atom. The maximum Gasteiger partial charge on any atom is 0.265 e. The minimum Gasteiger partial charge on any atom is -0.494 e. The number of aliphatic hydroxyl groups is 1. The van der Waals surface area contributed by atoms with E-state index in [-0.39, 0.29) is 10.6 Å². The van der Waals surface area contributed by atoms with Gasteiger partial charge in [-0.05, 0) is 36.8 Å². The summed E-state index contributed by atoms with van der Waals surface area (Å²) in [6.07, 6.45) is 5.07. The van der Waals surface area contributed by atoms with Gasteiger partial charge < -0.3 is 9.84 Å². The van der Waals surface area contributed by atoms with Crippen LogP contribution in [0.3, 0.4) is 0 Å². The van der Waals surface area contributed by atoms with Crippen molar-refractivity contribution >= 4 is 26.6 Å². The normalized spacial score (nSPS) is 12.8. The molecule has 10 nitrogen and oxygen atoms in total. The van der Waals surface area contributed by atoms with E-state index in [1.807, 2.05) is 0 Å². The number of aromatic nitrogens is 5. The zero-order valence-corrected chi connectivity index (χ0v) is 17.3. The number of pyridine rings is 1. The van der Waals surface area contributed by atoms with Crippen molar-refractivity contribution in [3.63, 3.8) is 0 Å². The van der Waals surface area contributed by atoms with Gasteiger partial charge >= 0.3 is 0 Å². The second kappa shape index (κ2) is 7.43. The number of rotatable bonds is 6. The summed E-state index contributed by atoms with van der Waals surface area (Å²) in [6, 6.07) is 6.80. The van der Waals surface area contributed by atoms with E-state index in [2.05, 4.69) is 19.9 Å². The molecule has 0 fully saturated rings. The third kappa shape index (κ3) is 3.48. The van der Waals surface area contributed by atoms with Gasteiger partial charge in [0, 0.05) is 18.6 Å². The molecule has 0 aliphatic heterocycles. The largest absolute Gasteiger partial charge is 0.494 e. The molecule has 0 spiro atoms. The molecule has 2 N–H and O–H groups in total. The summed E-state index contributed by atoms with van der Waals surface area (Å²) in [5, 5.41) is 18.8. The van der Waals surface area contributed by atoms with E-state index in [0.29, 0.717) is 22.6 Å². The highest BCUT2D eigenvalue weighted by Crippen LogP contribution is 2.34. The van der Waals surface area contributed by atoms with Gasteiger partial charge in [0.2, 0.25) is 0 Å². The Kier molecular flexibility index (Phi) is 4.92. The average Bonchev–Trinajstić information content (AvgIpc) is 3.36. The van der Waals surface area contributed by atoms with Crippen LogP contribution in [-0.4, -0.2) is 45.2 Å².